The molecule has 2 rings (SSSR count). The van der Waals surface area contributed by atoms with Gasteiger partial charge >= 0.3 is 0 Å². The summed E-state index contributed by atoms with van der Waals surface area (Å²) in [4.78, 5) is 2.08. The van der Waals surface area contributed by atoms with Crippen molar-refractivity contribution < 1.29 is 4.74 Å². The molecule has 0 bridgehead atoms. The van der Waals surface area contributed by atoms with Crippen LogP contribution in [0.4, 0.5) is 5.69 Å². The van der Waals surface area contributed by atoms with Crippen LogP contribution < -0.4 is 9.64 Å². The van der Waals surface area contributed by atoms with E-state index in [1.54, 1.807) is 7.11 Å². The highest BCUT2D eigenvalue weighted by molar-refractivity contribution is 5.80. The number of hydrogen-bond donors (Lipinski definition) is 0. The Balaban J connectivity index is 2.54. The number of ether oxygens (including phenoxy) is 1. The topological polar surface area (TPSA) is 12.5 Å². The lowest BCUT2D eigenvalue weighted by Gasteiger charge is -2.15. The summed E-state index contributed by atoms with van der Waals surface area (Å²) in [6.07, 6.45) is 1.86. The van der Waals surface area contributed by atoms with Crippen LogP contribution in [0, 0.1) is 0 Å². The van der Waals surface area contributed by atoms with Crippen molar-refractivity contribution in [3.05, 3.63) is 54.6 Å². The maximum atomic E-state index is 5.46. The minimum Gasteiger partial charge on any atom is -0.496 e. The molecule has 0 saturated carbocycles. The second-order valence-corrected chi connectivity index (χ2v) is 4.57. The predicted molar refractivity (Wildman–Crippen MR) is 82.8 cm³/mol. The molecule has 0 aliphatic heterocycles. The Bertz CT molecular complexity index is 570. The average molecular weight is 253 g/mol. The van der Waals surface area contributed by atoms with Gasteiger partial charge in [0.1, 0.15) is 5.75 Å². The summed E-state index contributed by atoms with van der Waals surface area (Å²) >= 11 is 0. The molecule has 0 saturated heterocycles. The third-order valence-electron chi connectivity index (χ3n) is 3.17. The Morgan fingerprint density at radius 1 is 1.05 bits per heavy atom. The van der Waals surface area contributed by atoms with Gasteiger partial charge in [0.25, 0.3) is 0 Å². The first-order valence-electron chi connectivity index (χ1n) is 6.24. The minimum atomic E-state index is 0.870. The van der Waals surface area contributed by atoms with Crippen molar-refractivity contribution in [1.82, 2.24) is 0 Å². The third kappa shape index (κ3) is 2.63. The van der Waals surface area contributed by atoms with Crippen molar-refractivity contribution in [1.29, 1.82) is 0 Å². The van der Waals surface area contributed by atoms with E-state index in [9.17, 15) is 0 Å². The largest absolute Gasteiger partial charge is 0.496 e. The van der Waals surface area contributed by atoms with Crippen molar-refractivity contribution in [2.45, 2.75) is 0 Å². The molecule has 19 heavy (non-hydrogen) atoms. The molecule has 2 aromatic carbocycles. The Morgan fingerprint density at radius 3 is 2.26 bits per heavy atom. The fourth-order valence-electron chi connectivity index (χ4n) is 2.12. The van der Waals surface area contributed by atoms with Crippen LogP contribution in [0.3, 0.4) is 0 Å². The first kappa shape index (κ1) is 13.2. The molecule has 0 fully saturated rings. The number of rotatable bonds is 4. The van der Waals surface area contributed by atoms with Crippen LogP contribution in [0.5, 0.6) is 5.75 Å². The molecule has 2 heteroatoms. The number of hydrogen-bond acceptors (Lipinski definition) is 2. The number of nitrogens with zero attached hydrogens (tertiary/aromatic N) is 1. The first-order valence-corrected chi connectivity index (χ1v) is 6.24. The molecule has 0 aromatic heterocycles. The smallest absolute Gasteiger partial charge is 0.127 e. The number of benzene rings is 2. The van der Waals surface area contributed by atoms with Gasteiger partial charge in [-0.15, -0.1) is 0 Å². The first-order chi connectivity index (χ1) is 9.17. The molecule has 0 N–H and O–H groups in total. The summed E-state index contributed by atoms with van der Waals surface area (Å²) in [6.45, 7) is 3.87. The summed E-state index contributed by atoms with van der Waals surface area (Å²) < 4.78 is 5.46. The SMILES string of the molecule is C=Cc1cccc(OC)c1-c1ccc(N(C)C)cc1. The fourth-order valence-corrected chi connectivity index (χ4v) is 2.12. The van der Waals surface area contributed by atoms with Gasteiger partial charge < -0.3 is 9.64 Å². The van der Waals surface area contributed by atoms with Gasteiger partial charge in [0.05, 0.1) is 7.11 Å². The average Bonchev–Trinajstić information content (AvgIpc) is 2.46. The van der Waals surface area contributed by atoms with Crippen molar-refractivity contribution >= 4 is 11.8 Å². The van der Waals surface area contributed by atoms with Crippen LogP contribution in [0.2, 0.25) is 0 Å². The quantitative estimate of drug-likeness (QED) is 0.814. The maximum Gasteiger partial charge on any atom is 0.127 e. The standard InChI is InChI=1S/C17H19NO/c1-5-13-7-6-8-16(19-4)17(13)14-9-11-15(12-10-14)18(2)3/h5-12H,1H2,2-4H3. The van der Waals surface area contributed by atoms with Gasteiger partial charge in [-0.25, -0.2) is 0 Å². The van der Waals surface area contributed by atoms with Gasteiger partial charge in [-0.2, -0.15) is 0 Å². The van der Waals surface area contributed by atoms with Crippen LogP contribution in [-0.2, 0) is 0 Å². The molecule has 0 heterocycles. The lowest BCUT2D eigenvalue weighted by molar-refractivity contribution is 0.416. The van der Waals surface area contributed by atoms with Crippen molar-refractivity contribution in [3.8, 4) is 16.9 Å². The van der Waals surface area contributed by atoms with Gasteiger partial charge in [0.2, 0.25) is 0 Å². The summed E-state index contributed by atoms with van der Waals surface area (Å²) in [5.74, 6) is 0.870. The molecule has 0 radical (unpaired) electrons. The van der Waals surface area contributed by atoms with Gasteiger partial charge in [-0.1, -0.05) is 36.9 Å². The molecule has 0 atom stereocenters. The summed E-state index contributed by atoms with van der Waals surface area (Å²) in [5, 5.41) is 0. The van der Waals surface area contributed by atoms with Gasteiger partial charge in [-0.3, -0.25) is 0 Å². The predicted octanol–water partition coefficient (Wildman–Crippen LogP) is 4.07. The highest BCUT2D eigenvalue weighted by atomic mass is 16.5. The zero-order valence-corrected chi connectivity index (χ0v) is 11.7. The summed E-state index contributed by atoms with van der Waals surface area (Å²) in [5.41, 5.74) is 4.49. The van der Waals surface area contributed by atoms with E-state index >= 15 is 0 Å². The number of anilines is 1. The molecule has 0 aliphatic carbocycles. The van der Waals surface area contributed by atoms with E-state index in [1.807, 2.05) is 38.4 Å². The second kappa shape index (κ2) is 5.61. The van der Waals surface area contributed by atoms with E-state index in [0.29, 0.717) is 0 Å². The Hall–Kier alpha value is -2.22. The number of methoxy groups -OCH3 is 1. The van der Waals surface area contributed by atoms with Gasteiger partial charge in [-0.05, 0) is 29.3 Å². The van der Waals surface area contributed by atoms with E-state index < -0.39 is 0 Å². The molecule has 0 spiro atoms. The maximum absolute atomic E-state index is 5.46. The van der Waals surface area contributed by atoms with E-state index in [2.05, 4.69) is 35.7 Å². The highest BCUT2D eigenvalue weighted by Crippen LogP contribution is 2.34. The molecule has 98 valence electrons. The lowest BCUT2D eigenvalue weighted by atomic mass is 9.98. The normalized spacial score (nSPS) is 10.1. The van der Waals surface area contributed by atoms with Crippen LogP contribution in [0.25, 0.3) is 17.2 Å². The zero-order valence-electron chi connectivity index (χ0n) is 11.7. The van der Waals surface area contributed by atoms with Crippen molar-refractivity contribution in [3.63, 3.8) is 0 Å². The Morgan fingerprint density at radius 2 is 1.74 bits per heavy atom. The van der Waals surface area contributed by atoms with Crippen LogP contribution >= 0.6 is 0 Å². The van der Waals surface area contributed by atoms with Crippen LogP contribution in [0.1, 0.15) is 5.56 Å². The molecule has 0 amide bonds. The van der Waals surface area contributed by atoms with Crippen molar-refractivity contribution in [2.75, 3.05) is 26.1 Å². The van der Waals surface area contributed by atoms with E-state index in [0.717, 1.165) is 22.4 Å². The fraction of sp³-hybridized carbons (Fsp3) is 0.176. The van der Waals surface area contributed by atoms with E-state index in [1.165, 1.54) is 5.69 Å². The van der Waals surface area contributed by atoms with Crippen LogP contribution in [-0.4, -0.2) is 21.2 Å². The third-order valence-corrected chi connectivity index (χ3v) is 3.17. The van der Waals surface area contributed by atoms with E-state index in [-0.39, 0.29) is 0 Å². The molecular formula is C17H19NO. The Labute approximate surface area is 114 Å². The van der Waals surface area contributed by atoms with E-state index in [4.69, 9.17) is 4.74 Å². The summed E-state index contributed by atoms with van der Waals surface area (Å²) in [6, 6.07) is 14.4. The molecule has 0 aliphatic rings. The molecule has 2 nitrogen and oxygen atoms in total. The summed E-state index contributed by atoms with van der Waals surface area (Å²) in [7, 11) is 5.76. The highest BCUT2D eigenvalue weighted by Gasteiger charge is 2.09. The molecule has 0 unspecified atom stereocenters. The van der Waals surface area contributed by atoms with Crippen LogP contribution in [0.15, 0.2) is 49.0 Å². The molecular weight excluding hydrogens is 234 g/mol. The zero-order chi connectivity index (χ0) is 13.8. The van der Waals surface area contributed by atoms with Crippen molar-refractivity contribution in [2.24, 2.45) is 0 Å². The second-order valence-electron chi connectivity index (χ2n) is 4.57. The lowest BCUT2D eigenvalue weighted by Crippen LogP contribution is -2.07. The minimum absolute atomic E-state index is 0.870. The van der Waals surface area contributed by atoms with Gasteiger partial charge in [0, 0.05) is 25.3 Å². The van der Waals surface area contributed by atoms with Gasteiger partial charge in [0.15, 0.2) is 0 Å². The Kier molecular flexibility index (Phi) is 3.91. The molecule has 2 aromatic rings. The monoisotopic (exact) mass is 253 g/mol.